The molecule has 6 heteroatoms. The molecule has 0 spiro atoms. The molecule has 1 fully saturated rings. The van der Waals surface area contributed by atoms with E-state index in [9.17, 15) is 0 Å². The molecule has 0 saturated carbocycles. The largest absolute Gasteiger partial charge is 0.381 e. The van der Waals surface area contributed by atoms with Gasteiger partial charge >= 0.3 is 0 Å². The van der Waals surface area contributed by atoms with Gasteiger partial charge in [0, 0.05) is 37.3 Å². The molecule has 110 valence electrons. The summed E-state index contributed by atoms with van der Waals surface area (Å²) in [5.41, 5.74) is 2.96. The lowest BCUT2D eigenvalue weighted by Crippen LogP contribution is -2.28. The average molecular weight is 285 g/mol. The molecule has 0 aliphatic carbocycles. The van der Waals surface area contributed by atoms with Crippen LogP contribution in [0.2, 0.25) is 0 Å². The SMILES string of the molecule is Cc1cnccc1Nc1cnc(NC2CCOCC2)nc1. The smallest absolute Gasteiger partial charge is 0.222 e. The number of hydrogen-bond acceptors (Lipinski definition) is 6. The lowest BCUT2D eigenvalue weighted by atomic mass is 10.1. The van der Waals surface area contributed by atoms with Gasteiger partial charge in [0.15, 0.2) is 0 Å². The van der Waals surface area contributed by atoms with Crippen molar-refractivity contribution in [2.45, 2.75) is 25.8 Å². The van der Waals surface area contributed by atoms with Crippen LogP contribution < -0.4 is 10.6 Å². The van der Waals surface area contributed by atoms with Crippen molar-refractivity contribution < 1.29 is 4.74 Å². The van der Waals surface area contributed by atoms with Gasteiger partial charge in [0.2, 0.25) is 5.95 Å². The number of aromatic nitrogens is 3. The summed E-state index contributed by atoms with van der Waals surface area (Å²) in [5.74, 6) is 0.666. The first-order chi connectivity index (χ1) is 10.3. The molecular weight excluding hydrogens is 266 g/mol. The summed E-state index contributed by atoms with van der Waals surface area (Å²) in [6.45, 7) is 3.62. The molecule has 2 N–H and O–H groups in total. The van der Waals surface area contributed by atoms with Crippen molar-refractivity contribution in [1.29, 1.82) is 0 Å². The number of anilines is 3. The standard InChI is InChI=1S/C15H19N5O/c1-11-8-16-5-2-14(11)19-13-9-17-15(18-10-13)20-12-3-6-21-7-4-12/h2,5,8-10,12H,3-4,6-7H2,1H3,(H,16,19)(H,17,18,20). The zero-order valence-corrected chi connectivity index (χ0v) is 12.0. The Morgan fingerprint density at radius 2 is 1.90 bits per heavy atom. The molecular formula is C15H19N5O. The van der Waals surface area contributed by atoms with Crippen molar-refractivity contribution in [3.05, 3.63) is 36.4 Å². The summed E-state index contributed by atoms with van der Waals surface area (Å²) in [7, 11) is 0. The highest BCUT2D eigenvalue weighted by molar-refractivity contribution is 5.61. The quantitative estimate of drug-likeness (QED) is 0.899. The van der Waals surface area contributed by atoms with Crippen LogP contribution in [0.5, 0.6) is 0 Å². The highest BCUT2D eigenvalue weighted by Gasteiger charge is 2.14. The summed E-state index contributed by atoms with van der Waals surface area (Å²) < 4.78 is 5.34. The fourth-order valence-corrected chi connectivity index (χ4v) is 2.26. The highest BCUT2D eigenvalue weighted by Crippen LogP contribution is 2.19. The molecule has 0 atom stereocenters. The molecule has 0 radical (unpaired) electrons. The fourth-order valence-electron chi connectivity index (χ4n) is 2.26. The number of nitrogens with zero attached hydrogens (tertiary/aromatic N) is 3. The molecule has 2 aromatic heterocycles. The predicted octanol–water partition coefficient (Wildman–Crippen LogP) is 2.51. The van der Waals surface area contributed by atoms with E-state index in [-0.39, 0.29) is 0 Å². The van der Waals surface area contributed by atoms with E-state index < -0.39 is 0 Å². The second kappa shape index (κ2) is 6.49. The fraction of sp³-hybridized carbons (Fsp3) is 0.400. The summed E-state index contributed by atoms with van der Waals surface area (Å²) in [6.07, 6.45) is 9.16. The van der Waals surface area contributed by atoms with E-state index in [1.807, 2.05) is 19.2 Å². The second-order valence-corrected chi connectivity index (χ2v) is 5.14. The summed E-state index contributed by atoms with van der Waals surface area (Å²) >= 11 is 0. The van der Waals surface area contributed by atoms with Crippen LogP contribution in [0, 0.1) is 6.92 Å². The Hall–Kier alpha value is -2.21. The first-order valence-corrected chi connectivity index (χ1v) is 7.15. The molecule has 1 aliphatic rings. The van der Waals surface area contributed by atoms with E-state index in [0.717, 1.165) is 43.0 Å². The molecule has 0 amide bonds. The Bertz CT molecular complexity index is 581. The summed E-state index contributed by atoms with van der Waals surface area (Å²) in [5, 5.41) is 6.63. The van der Waals surface area contributed by atoms with Gasteiger partial charge in [-0.15, -0.1) is 0 Å². The van der Waals surface area contributed by atoms with Gasteiger partial charge in [0.1, 0.15) is 0 Å². The maximum Gasteiger partial charge on any atom is 0.222 e. The van der Waals surface area contributed by atoms with E-state index in [1.54, 1.807) is 18.6 Å². The van der Waals surface area contributed by atoms with Crippen molar-refractivity contribution in [2.75, 3.05) is 23.8 Å². The number of ether oxygens (including phenoxy) is 1. The molecule has 2 aromatic rings. The van der Waals surface area contributed by atoms with Gasteiger partial charge < -0.3 is 15.4 Å². The number of hydrogen-bond donors (Lipinski definition) is 2. The topological polar surface area (TPSA) is 72.0 Å². The third-order valence-corrected chi connectivity index (χ3v) is 3.51. The Kier molecular flexibility index (Phi) is 4.25. The molecule has 0 bridgehead atoms. The van der Waals surface area contributed by atoms with Crippen molar-refractivity contribution in [3.63, 3.8) is 0 Å². The molecule has 3 heterocycles. The zero-order valence-electron chi connectivity index (χ0n) is 12.0. The monoisotopic (exact) mass is 285 g/mol. The van der Waals surface area contributed by atoms with Crippen LogP contribution in [0.4, 0.5) is 17.3 Å². The van der Waals surface area contributed by atoms with E-state index in [1.165, 1.54) is 0 Å². The number of nitrogens with one attached hydrogen (secondary N) is 2. The molecule has 21 heavy (non-hydrogen) atoms. The first-order valence-electron chi connectivity index (χ1n) is 7.15. The van der Waals surface area contributed by atoms with Crippen molar-refractivity contribution in [2.24, 2.45) is 0 Å². The van der Waals surface area contributed by atoms with Crippen LogP contribution in [0.1, 0.15) is 18.4 Å². The van der Waals surface area contributed by atoms with Gasteiger partial charge in [0.25, 0.3) is 0 Å². The Balaban J connectivity index is 1.62. The van der Waals surface area contributed by atoms with E-state index in [4.69, 9.17) is 4.74 Å². The third-order valence-electron chi connectivity index (χ3n) is 3.51. The Morgan fingerprint density at radius 3 is 2.62 bits per heavy atom. The molecule has 3 rings (SSSR count). The molecule has 1 aliphatic heterocycles. The van der Waals surface area contributed by atoms with E-state index >= 15 is 0 Å². The van der Waals surface area contributed by atoms with E-state index in [2.05, 4.69) is 25.6 Å². The lowest BCUT2D eigenvalue weighted by Gasteiger charge is -2.23. The number of pyridine rings is 1. The van der Waals surface area contributed by atoms with Crippen LogP contribution in [0.25, 0.3) is 0 Å². The highest BCUT2D eigenvalue weighted by atomic mass is 16.5. The first kappa shape index (κ1) is 13.8. The minimum absolute atomic E-state index is 0.403. The van der Waals surface area contributed by atoms with Crippen LogP contribution in [0.3, 0.4) is 0 Å². The molecule has 6 nitrogen and oxygen atoms in total. The van der Waals surface area contributed by atoms with Gasteiger partial charge in [-0.3, -0.25) is 4.98 Å². The van der Waals surface area contributed by atoms with Crippen LogP contribution in [-0.4, -0.2) is 34.2 Å². The van der Waals surface area contributed by atoms with Gasteiger partial charge in [0.05, 0.1) is 18.1 Å². The molecule has 0 unspecified atom stereocenters. The Labute approximate surface area is 124 Å². The van der Waals surface area contributed by atoms with Gasteiger partial charge in [-0.1, -0.05) is 0 Å². The molecule has 0 aromatic carbocycles. The molecule has 1 saturated heterocycles. The van der Waals surface area contributed by atoms with Crippen LogP contribution >= 0.6 is 0 Å². The summed E-state index contributed by atoms with van der Waals surface area (Å²) in [4.78, 5) is 12.8. The van der Waals surface area contributed by atoms with Crippen molar-refractivity contribution in [1.82, 2.24) is 15.0 Å². The maximum absolute atomic E-state index is 5.34. The lowest BCUT2D eigenvalue weighted by molar-refractivity contribution is 0.0903. The van der Waals surface area contributed by atoms with Crippen LogP contribution in [-0.2, 0) is 4.74 Å². The van der Waals surface area contributed by atoms with Crippen molar-refractivity contribution in [3.8, 4) is 0 Å². The summed E-state index contributed by atoms with van der Waals surface area (Å²) in [6, 6.07) is 2.34. The Morgan fingerprint density at radius 1 is 1.14 bits per heavy atom. The van der Waals surface area contributed by atoms with E-state index in [0.29, 0.717) is 12.0 Å². The second-order valence-electron chi connectivity index (χ2n) is 5.14. The van der Waals surface area contributed by atoms with Gasteiger partial charge in [-0.05, 0) is 31.4 Å². The third kappa shape index (κ3) is 3.66. The minimum atomic E-state index is 0.403. The maximum atomic E-state index is 5.34. The zero-order chi connectivity index (χ0) is 14.5. The minimum Gasteiger partial charge on any atom is -0.381 e. The average Bonchev–Trinajstić information content (AvgIpc) is 2.52. The van der Waals surface area contributed by atoms with Crippen molar-refractivity contribution >= 4 is 17.3 Å². The van der Waals surface area contributed by atoms with Gasteiger partial charge in [-0.25, -0.2) is 9.97 Å². The predicted molar refractivity (Wildman–Crippen MR) is 81.8 cm³/mol. The normalized spacial score (nSPS) is 15.7. The van der Waals surface area contributed by atoms with Gasteiger partial charge in [-0.2, -0.15) is 0 Å². The number of aryl methyl sites for hydroxylation is 1. The number of rotatable bonds is 4. The van der Waals surface area contributed by atoms with Crippen LogP contribution in [0.15, 0.2) is 30.9 Å².